The Morgan fingerprint density at radius 1 is 0.833 bits per heavy atom. The van der Waals surface area contributed by atoms with Crippen molar-refractivity contribution in [3.8, 4) is 5.75 Å². The second-order valence-corrected chi connectivity index (χ2v) is 25.8. The molecule has 2 aromatic carbocycles. The lowest BCUT2D eigenvalue weighted by molar-refractivity contribution is -0.144. The van der Waals surface area contributed by atoms with Crippen molar-refractivity contribution < 1.29 is 26.8 Å². The van der Waals surface area contributed by atoms with Crippen LogP contribution in [-0.4, -0.2) is 54.6 Å². The summed E-state index contributed by atoms with van der Waals surface area (Å²) in [5.74, 6) is -0.203. The average molecular weight is 636 g/mol. The van der Waals surface area contributed by atoms with Crippen molar-refractivity contribution in [3.05, 3.63) is 60.2 Å². The third-order valence-electron chi connectivity index (χ3n) is 8.77. The number of hydrogen-bond acceptors (Lipinski definition) is 6. The van der Waals surface area contributed by atoms with Crippen molar-refractivity contribution in [1.82, 2.24) is 4.31 Å². The molecule has 0 saturated heterocycles. The van der Waals surface area contributed by atoms with Crippen molar-refractivity contribution in [3.63, 3.8) is 0 Å². The SMILES string of the molecule is COc1ccc(S(=O)(=O)N(Cc2ccccc2)C(C(=O)O[Si](C)(C)C(C)(C)C)C(O[Si](C)(C)C(C)(C)C)C(C)C)cc1. The zero-order chi connectivity index (χ0) is 32.3. The summed E-state index contributed by atoms with van der Waals surface area (Å²) < 4.78 is 49.1. The van der Waals surface area contributed by atoms with Gasteiger partial charge in [-0.15, -0.1) is 0 Å². The Kier molecular flexibility index (Phi) is 11.5. The van der Waals surface area contributed by atoms with Gasteiger partial charge in [-0.2, -0.15) is 4.31 Å². The Bertz CT molecular complexity index is 1280. The van der Waals surface area contributed by atoms with Crippen molar-refractivity contribution in [2.45, 2.75) is 115 Å². The average Bonchev–Trinajstić information content (AvgIpc) is 2.86. The normalized spacial score (nSPS) is 15.0. The van der Waals surface area contributed by atoms with Gasteiger partial charge in [0.05, 0.1) is 18.1 Å². The van der Waals surface area contributed by atoms with Crippen LogP contribution in [0.25, 0.3) is 0 Å². The third-order valence-corrected chi connectivity index (χ3v) is 19.4. The highest BCUT2D eigenvalue weighted by Crippen LogP contribution is 2.41. The van der Waals surface area contributed by atoms with Gasteiger partial charge in [0.2, 0.25) is 10.0 Å². The minimum absolute atomic E-state index is 0.0173. The van der Waals surface area contributed by atoms with E-state index in [1.165, 1.54) is 23.5 Å². The van der Waals surface area contributed by atoms with Gasteiger partial charge < -0.3 is 13.6 Å². The van der Waals surface area contributed by atoms with Crippen molar-refractivity contribution in [1.29, 1.82) is 0 Å². The van der Waals surface area contributed by atoms with E-state index >= 15 is 0 Å². The Balaban J connectivity index is 2.86. The van der Waals surface area contributed by atoms with Crippen LogP contribution in [0.15, 0.2) is 59.5 Å². The van der Waals surface area contributed by atoms with Crippen molar-refractivity contribution in [2.24, 2.45) is 5.92 Å². The number of nitrogens with zero attached hydrogens (tertiary/aromatic N) is 1. The molecular formula is C32H53NO6SSi2. The summed E-state index contributed by atoms with van der Waals surface area (Å²) in [5.41, 5.74) is 0.759. The first kappa shape index (κ1) is 36.2. The number of carbonyl (C=O) groups excluding carboxylic acids is 1. The van der Waals surface area contributed by atoms with Gasteiger partial charge in [0.25, 0.3) is 8.32 Å². The maximum Gasteiger partial charge on any atom is 0.313 e. The third kappa shape index (κ3) is 8.56. The van der Waals surface area contributed by atoms with Crippen LogP contribution in [-0.2, 0) is 30.2 Å². The summed E-state index contributed by atoms with van der Waals surface area (Å²) in [6.07, 6.45) is -0.736. The Labute approximate surface area is 257 Å². The Morgan fingerprint density at radius 2 is 1.33 bits per heavy atom. The fourth-order valence-corrected chi connectivity index (χ4v) is 7.88. The maximum atomic E-state index is 14.6. The molecule has 0 aromatic heterocycles. The molecule has 2 aromatic rings. The highest BCUT2D eigenvalue weighted by Gasteiger charge is 2.50. The first-order valence-corrected chi connectivity index (χ1v) is 21.9. The van der Waals surface area contributed by atoms with E-state index in [2.05, 4.69) is 54.6 Å². The smallest absolute Gasteiger partial charge is 0.313 e. The van der Waals surface area contributed by atoms with Gasteiger partial charge in [-0.25, -0.2) is 8.42 Å². The molecular weight excluding hydrogens is 583 g/mol. The van der Waals surface area contributed by atoms with Gasteiger partial charge in [-0.05, 0) is 72.0 Å². The van der Waals surface area contributed by atoms with Crippen LogP contribution in [0.2, 0.25) is 36.3 Å². The number of benzene rings is 2. The van der Waals surface area contributed by atoms with Gasteiger partial charge >= 0.3 is 5.97 Å². The predicted octanol–water partition coefficient (Wildman–Crippen LogP) is 7.85. The molecule has 10 heteroatoms. The van der Waals surface area contributed by atoms with E-state index in [0.717, 1.165) is 5.56 Å². The molecule has 42 heavy (non-hydrogen) atoms. The summed E-state index contributed by atoms with van der Waals surface area (Å²) in [4.78, 5) is 14.6. The van der Waals surface area contributed by atoms with Crippen molar-refractivity contribution >= 4 is 32.6 Å². The molecule has 236 valence electrons. The van der Waals surface area contributed by atoms with Gasteiger partial charge in [0.15, 0.2) is 8.32 Å². The van der Waals surface area contributed by atoms with E-state index in [9.17, 15) is 13.2 Å². The second-order valence-electron chi connectivity index (χ2n) is 14.4. The van der Waals surface area contributed by atoms with E-state index in [0.29, 0.717) is 5.75 Å². The quantitative estimate of drug-likeness (QED) is 0.221. The molecule has 2 rings (SSSR count). The van der Waals surface area contributed by atoms with E-state index in [4.69, 9.17) is 13.6 Å². The number of methoxy groups -OCH3 is 1. The molecule has 0 aliphatic heterocycles. The van der Waals surface area contributed by atoms with Crippen LogP contribution >= 0.6 is 0 Å². The van der Waals surface area contributed by atoms with Crippen LogP contribution in [0.5, 0.6) is 5.75 Å². The number of carbonyl (C=O) groups is 1. The number of ether oxygens (including phenoxy) is 1. The zero-order valence-electron chi connectivity index (χ0n) is 27.9. The molecule has 0 fully saturated rings. The molecule has 0 heterocycles. The molecule has 0 radical (unpaired) electrons. The monoisotopic (exact) mass is 635 g/mol. The topological polar surface area (TPSA) is 82.1 Å². The number of rotatable bonds is 12. The highest BCUT2D eigenvalue weighted by molar-refractivity contribution is 7.89. The largest absolute Gasteiger partial charge is 0.518 e. The lowest BCUT2D eigenvalue weighted by Gasteiger charge is -2.45. The van der Waals surface area contributed by atoms with Crippen LogP contribution in [0, 0.1) is 5.92 Å². The second kappa shape index (κ2) is 13.3. The molecule has 0 aliphatic rings. The number of hydrogen-bond donors (Lipinski definition) is 0. The van der Waals surface area contributed by atoms with E-state index < -0.39 is 44.8 Å². The van der Waals surface area contributed by atoms with Gasteiger partial charge in [-0.3, -0.25) is 4.79 Å². The van der Waals surface area contributed by atoms with Crippen LogP contribution < -0.4 is 4.74 Å². The maximum absolute atomic E-state index is 14.6. The lowest BCUT2D eigenvalue weighted by Crippen LogP contribution is -2.59. The van der Waals surface area contributed by atoms with Crippen molar-refractivity contribution in [2.75, 3.05) is 7.11 Å². The minimum atomic E-state index is -4.20. The Hall–Kier alpha value is -1.99. The summed E-state index contributed by atoms with van der Waals surface area (Å²) in [7, 11) is -7.75. The molecule has 7 nitrogen and oxygen atoms in total. The first-order valence-electron chi connectivity index (χ1n) is 14.7. The molecule has 2 unspecified atom stereocenters. The standard InChI is InChI=1S/C32H53NO6SSi2/c1-24(2)29(38-41(10,11)31(3,4)5)28(30(34)39-42(12,13)32(6,7)8)33(23-25-17-15-14-16-18-25)40(35,36)27-21-19-26(37-9)20-22-27/h14-22,24,28-29H,23H2,1-13H3. The zero-order valence-corrected chi connectivity index (χ0v) is 30.8. The first-order chi connectivity index (χ1) is 19.0. The predicted molar refractivity (Wildman–Crippen MR) is 176 cm³/mol. The van der Waals surface area contributed by atoms with Gasteiger partial charge in [0, 0.05) is 6.54 Å². The summed E-state index contributed by atoms with van der Waals surface area (Å²) in [6.45, 7) is 24.8. The fourth-order valence-electron chi connectivity index (χ4n) is 3.94. The summed E-state index contributed by atoms with van der Waals surface area (Å²) in [6, 6.07) is 14.4. The lowest BCUT2D eigenvalue weighted by atomic mass is 9.99. The number of sulfonamides is 1. The van der Waals surface area contributed by atoms with Gasteiger partial charge in [-0.1, -0.05) is 85.7 Å². The molecule has 0 aliphatic carbocycles. The summed E-state index contributed by atoms with van der Waals surface area (Å²) >= 11 is 0. The van der Waals surface area contributed by atoms with E-state index in [1.54, 1.807) is 12.1 Å². The Morgan fingerprint density at radius 3 is 1.76 bits per heavy atom. The van der Waals surface area contributed by atoms with Crippen LogP contribution in [0.1, 0.15) is 61.0 Å². The van der Waals surface area contributed by atoms with E-state index in [-0.39, 0.29) is 27.4 Å². The van der Waals surface area contributed by atoms with E-state index in [1.807, 2.05) is 57.3 Å². The minimum Gasteiger partial charge on any atom is -0.518 e. The fraction of sp³-hybridized carbons (Fsp3) is 0.594. The molecule has 0 saturated carbocycles. The molecule has 0 bridgehead atoms. The molecule has 0 N–H and O–H groups in total. The van der Waals surface area contributed by atoms with Crippen LogP contribution in [0.4, 0.5) is 0 Å². The summed E-state index contributed by atoms with van der Waals surface area (Å²) in [5, 5.41) is -0.424. The molecule has 0 spiro atoms. The highest BCUT2D eigenvalue weighted by atomic mass is 32.2. The van der Waals surface area contributed by atoms with Crippen LogP contribution in [0.3, 0.4) is 0 Å². The van der Waals surface area contributed by atoms with Gasteiger partial charge in [0.1, 0.15) is 11.8 Å². The molecule has 2 atom stereocenters. The molecule has 0 amide bonds.